The van der Waals surface area contributed by atoms with E-state index in [1.807, 2.05) is 20.8 Å². The van der Waals surface area contributed by atoms with Crippen molar-refractivity contribution in [3.63, 3.8) is 0 Å². The highest BCUT2D eigenvalue weighted by molar-refractivity contribution is 5.69. The van der Waals surface area contributed by atoms with Crippen molar-refractivity contribution in [1.29, 1.82) is 0 Å². The summed E-state index contributed by atoms with van der Waals surface area (Å²) in [5.74, 6) is 2.25. The van der Waals surface area contributed by atoms with Gasteiger partial charge in [0, 0.05) is 19.0 Å². The number of hydrogen-bond acceptors (Lipinski definition) is 3. The lowest BCUT2D eigenvalue weighted by Gasteiger charge is -2.40. The number of nitrogens with zero attached hydrogens (tertiary/aromatic N) is 1. The lowest BCUT2D eigenvalue weighted by Crippen LogP contribution is -2.52. The molecule has 0 N–H and O–H groups in total. The van der Waals surface area contributed by atoms with Crippen molar-refractivity contribution in [3.8, 4) is 0 Å². The maximum absolute atomic E-state index is 11.8. The molecule has 0 bridgehead atoms. The largest absolute Gasteiger partial charge is 0.444 e. The van der Waals surface area contributed by atoms with E-state index in [-0.39, 0.29) is 12.0 Å². The summed E-state index contributed by atoms with van der Waals surface area (Å²) in [4.78, 5) is 24.6. The van der Waals surface area contributed by atoms with Gasteiger partial charge in [0.1, 0.15) is 11.9 Å². The third-order valence-corrected chi connectivity index (χ3v) is 4.23. The Kier molecular flexibility index (Phi) is 3.63. The van der Waals surface area contributed by atoms with Gasteiger partial charge >= 0.3 is 6.09 Å². The van der Waals surface area contributed by atoms with Gasteiger partial charge in [-0.1, -0.05) is 13.8 Å². The van der Waals surface area contributed by atoms with Gasteiger partial charge in [0.15, 0.2) is 0 Å². The highest BCUT2D eigenvalue weighted by Gasteiger charge is 2.58. The van der Waals surface area contributed by atoms with Crippen LogP contribution in [0.5, 0.6) is 0 Å². The summed E-state index contributed by atoms with van der Waals surface area (Å²) in [6, 6.07) is 0. The number of rotatable bonds is 3. The minimum absolute atomic E-state index is 0.214. The van der Waals surface area contributed by atoms with E-state index in [9.17, 15) is 9.59 Å². The van der Waals surface area contributed by atoms with Crippen molar-refractivity contribution in [2.24, 2.45) is 29.6 Å². The molecule has 1 aliphatic heterocycles. The van der Waals surface area contributed by atoms with Crippen LogP contribution < -0.4 is 0 Å². The van der Waals surface area contributed by atoms with Gasteiger partial charge in [-0.25, -0.2) is 4.79 Å². The van der Waals surface area contributed by atoms with E-state index in [2.05, 4.69) is 13.8 Å². The fourth-order valence-electron chi connectivity index (χ4n) is 3.32. The minimum Gasteiger partial charge on any atom is -0.444 e. The second kappa shape index (κ2) is 4.80. The normalized spacial score (nSPS) is 31.1. The molecule has 4 heteroatoms. The van der Waals surface area contributed by atoms with Crippen molar-refractivity contribution in [1.82, 2.24) is 4.90 Å². The van der Waals surface area contributed by atoms with E-state index in [0.29, 0.717) is 23.7 Å². The molecule has 1 saturated carbocycles. The van der Waals surface area contributed by atoms with Gasteiger partial charge in [-0.3, -0.25) is 0 Å². The van der Waals surface area contributed by atoms with Gasteiger partial charge in [-0.2, -0.15) is 0 Å². The fourth-order valence-corrected chi connectivity index (χ4v) is 3.32. The molecule has 0 aromatic rings. The molecule has 1 aliphatic carbocycles. The molecule has 19 heavy (non-hydrogen) atoms. The molecule has 108 valence electrons. The summed E-state index contributed by atoms with van der Waals surface area (Å²) in [5, 5.41) is 0. The predicted octanol–water partition coefficient (Wildman–Crippen LogP) is 2.57. The van der Waals surface area contributed by atoms with Crippen molar-refractivity contribution in [3.05, 3.63) is 0 Å². The first kappa shape index (κ1) is 14.4. The standard InChI is InChI=1S/C15H25NO3/c1-9(2)12-11(8-17)13(12)10-6-16(7-10)14(18)19-15(3,4)5/h8-13H,6-7H2,1-5H3/t11-,12-,13+/m1/s1. The summed E-state index contributed by atoms with van der Waals surface area (Å²) in [6.07, 6.45) is 0.874. The van der Waals surface area contributed by atoms with Crippen molar-refractivity contribution >= 4 is 12.4 Å². The Balaban J connectivity index is 1.81. The molecule has 1 amide bonds. The quantitative estimate of drug-likeness (QED) is 0.738. The summed E-state index contributed by atoms with van der Waals surface area (Å²) in [7, 11) is 0. The van der Waals surface area contributed by atoms with E-state index in [0.717, 1.165) is 19.4 Å². The number of carbonyl (C=O) groups excluding carboxylic acids is 2. The third kappa shape index (κ3) is 2.93. The molecule has 3 atom stereocenters. The molecule has 0 unspecified atom stereocenters. The molecule has 0 radical (unpaired) electrons. The monoisotopic (exact) mass is 267 g/mol. The van der Waals surface area contributed by atoms with Gasteiger partial charge in [-0.05, 0) is 44.4 Å². The van der Waals surface area contributed by atoms with E-state index >= 15 is 0 Å². The van der Waals surface area contributed by atoms with Crippen LogP contribution in [0, 0.1) is 29.6 Å². The maximum Gasteiger partial charge on any atom is 0.410 e. The molecule has 0 aromatic heterocycles. The third-order valence-electron chi connectivity index (χ3n) is 4.23. The Bertz CT molecular complexity index is 366. The van der Waals surface area contributed by atoms with Crippen LogP contribution >= 0.6 is 0 Å². The minimum atomic E-state index is -0.437. The van der Waals surface area contributed by atoms with Gasteiger partial charge in [-0.15, -0.1) is 0 Å². The van der Waals surface area contributed by atoms with Crippen LogP contribution in [0.1, 0.15) is 34.6 Å². The smallest absolute Gasteiger partial charge is 0.410 e. The van der Waals surface area contributed by atoms with E-state index in [1.54, 1.807) is 4.90 Å². The van der Waals surface area contributed by atoms with E-state index in [1.165, 1.54) is 0 Å². The average Bonchev–Trinajstić information content (AvgIpc) is 2.86. The van der Waals surface area contributed by atoms with Crippen LogP contribution in [0.3, 0.4) is 0 Å². The zero-order valence-corrected chi connectivity index (χ0v) is 12.6. The zero-order chi connectivity index (χ0) is 14.4. The van der Waals surface area contributed by atoms with Gasteiger partial charge in [0.05, 0.1) is 0 Å². The number of likely N-dealkylation sites (tertiary alicyclic amines) is 1. The topological polar surface area (TPSA) is 46.6 Å². The fraction of sp³-hybridized carbons (Fsp3) is 0.867. The molecule has 2 fully saturated rings. The zero-order valence-electron chi connectivity index (χ0n) is 12.6. The summed E-state index contributed by atoms with van der Waals surface area (Å²) < 4.78 is 5.34. The molecule has 0 spiro atoms. The Hall–Kier alpha value is -1.06. The van der Waals surface area contributed by atoms with Crippen molar-refractivity contribution in [2.75, 3.05) is 13.1 Å². The van der Waals surface area contributed by atoms with Crippen LogP contribution in [0.4, 0.5) is 4.79 Å². The Morgan fingerprint density at radius 2 is 1.89 bits per heavy atom. The molecular weight excluding hydrogens is 242 g/mol. The highest BCUT2D eigenvalue weighted by Crippen LogP contribution is 2.55. The second-order valence-corrected chi connectivity index (χ2v) is 7.26. The van der Waals surface area contributed by atoms with Crippen LogP contribution in [0.25, 0.3) is 0 Å². The van der Waals surface area contributed by atoms with Gasteiger partial charge in [0.25, 0.3) is 0 Å². The van der Waals surface area contributed by atoms with Gasteiger partial charge < -0.3 is 14.4 Å². The number of carbonyl (C=O) groups is 2. The predicted molar refractivity (Wildman–Crippen MR) is 72.7 cm³/mol. The van der Waals surface area contributed by atoms with E-state index in [4.69, 9.17) is 4.74 Å². The lowest BCUT2D eigenvalue weighted by atomic mass is 9.91. The molecule has 2 rings (SSSR count). The highest BCUT2D eigenvalue weighted by atomic mass is 16.6. The first-order valence-electron chi connectivity index (χ1n) is 7.18. The Morgan fingerprint density at radius 3 is 2.26 bits per heavy atom. The number of aldehydes is 1. The molecule has 1 heterocycles. The summed E-state index contributed by atoms with van der Waals surface area (Å²) in [5.41, 5.74) is -0.437. The number of amides is 1. The number of ether oxygens (including phenoxy) is 1. The Morgan fingerprint density at radius 1 is 1.32 bits per heavy atom. The van der Waals surface area contributed by atoms with Gasteiger partial charge in [0.2, 0.25) is 0 Å². The Labute approximate surface area is 115 Å². The van der Waals surface area contributed by atoms with E-state index < -0.39 is 5.60 Å². The second-order valence-electron chi connectivity index (χ2n) is 7.26. The molecule has 1 saturated heterocycles. The molecular formula is C15H25NO3. The SMILES string of the molecule is CC(C)[C@@H]1[C@@H](C=O)[C@@H]1C1CN(C(=O)OC(C)(C)C)C1. The summed E-state index contributed by atoms with van der Waals surface area (Å²) >= 11 is 0. The first-order chi connectivity index (χ1) is 8.74. The van der Waals surface area contributed by atoms with Crippen LogP contribution in [0.2, 0.25) is 0 Å². The van der Waals surface area contributed by atoms with Crippen LogP contribution in [-0.2, 0) is 9.53 Å². The summed E-state index contributed by atoms with van der Waals surface area (Å²) in [6.45, 7) is 11.5. The van der Waals surface area contributed by atoms with Crippen molar-refractivity contribution in [2.45, 2.75) is 40.2 Å². The maximum atomic E-state index is 11.8. The van der Waals surface area contributed by atoms with Crippen molar-refractivity contribution < 1.29 is 14.3 Å². The molecule has 4 nitrogen and oxygen atoms in total. The molecule has 0 aromatic carbocycles. The van der Waals surface area contributed by atoms with Crippen LogP contribution in [0.15, 0.2) is 0 Å². The lowest BCUT2D eigenvalue weighted by molar-refractivity contribution is -0.109. The van der Waals surface area contributed by atoms with Crippen LogP contribution in [-0.4, -0.2) is 36.0 Å². The number of hydrogen-bond donors (Lipinski definition) is 0. The first-order valence-corrected chi connectivity index (χ1v) is 7.18. The molecule has 2 aliphatic rings. The average molecular weight is 267 g/mol.